The maximum absolute atomic E-state index is 12.4. The van der Waals surface area contributed by atoms with Gasteiger partial charge in [0, 0.05) is 20.0 Å². The maximum atomic E-state index is 12.4. The Balaban J connectivity index is 0.000000771. The van der Waals surface area contributed by atoms with Crippen molar-refractivity contribution < 1.29 is 18.0 Å². The van der Waals surface area contributed by atoms with Gasteiger partial charge >= 0.3 is 6.18 Å². The van der Waals surface area contributed by atoms with Crippen molar-refractivity contribution in [2.45, 2.75) is 40.0 Å². The van der Waals surface area contributed by atoms with Crippen LogP contribution >= 0.6 is 0 Å². The van der Waals surface area contributed by atoms with Crippen molar-refractivity contribution in [2.24, 2.45) is 0 Å². The van der Waals surface area contributed by atoms with E-state index in [1.54, 1.807) is 0 Å². The van der Waals surface area contributed by atoms with E-state index in [0.717, 1.165) is 17.7 Å². The Hall–Kier alpha value is -1.52. The summed E-state index contributed by atoms with van der Waals surface area (Å²) in [4.78, 5) is 12.6. The van der Waals surface area contributed by atoms with E-state index in [0.29, 0.717) is 12.1 Å². The minimum Gasteiger partial charge on any atom is -0.334 e. The fraction of sp³-hybridized carbons (Fsp3) is 0.462. The molecule has 0 N–H and O–H groups in total. The summed E-state index contributed by atoms with van der Waals surface area (Å²) in [5, 5.41) is 0. The Morgan fingerprint density at radius 3 is 2.22 bits per heavy atom. The lowest BCUT2D eigenvalue weighted by Gasteiger charge is -2.11. The Kier molecular flexibility index (Phi) is 4.38. The first-order valence-corrected chi connectivity index (χ1v) is 5.82. The number of amides is 1. The standard InChI is InChI=1S/C11H10F3NO.C2H6/c1-7(16)15-5-8-2-3-10(11(12,13)14)4-9(8)6-15;1-2/h2-4H,5-6H2,1H3;1-2H3. The van der Waals surface area contributed by atoms with Crippen LogP contribution in [0.2, 0.25) is 0 Å². The van der Waals surface area contributed by atoms with Gasteiger partial charge in [-0.25, -0.2) is 0 Å². The molecule has 0 radical (unpaired) electrons. The summed E-state index contributed by atoms with van der Waals surface area (Å²) in [5.74, 6) is -0.121. The average molecular weight is 259 g/mol. The van der Waals surface area contributed by atoms with Crippen molar-refractivity contribution in [2.75, 3.05) is 0 Å². The van der Waals surface area contributed by atoms with Crippen molar-refractivity contribution >= 4 is 5.91 Å². The molecule has 18 heavy (non-hydrogen) atoms. The van der Waals surface area contributed by atoms with Crippen LogP contribution in [-0.4, -0.2) is 10.8 Å². The number of benzene rings is 1. The second-order valence-corrected chi connectivity index (χ2v) is 3.86. The Morgan fingerprint density at radius 2 is 1.72 bits per heavy atom. The van der Waals surface area contributed by atoms with Crippen LogP contribution in [0.15, 0.2) is 18.2 Å². The number of halogens is 3. The van der Waals surface area contributed by atoms with Crippen LogP contribution in [0, 0.1) is 0 Å². The largest absolute Gasteiger partial charge is 0.416 e. The van der Waals surface area contributed by atoms with Crippen molar-refractivity contribution in [3.63, 3.8) is 0 Å². The second kappa shape index (κ2) is 5.42. The molecule has 1 heterocycles. The van der Waals surface area contributed by atoms with Crippen LogP contribution < -0.4 is 0 Å². The third-order valence-electron chi connectivity index (χ3n) is 2.70. The predicted octanol–water partition coefficient (Wildman–Crippen LogP) is 3.59. The van der Waals surface area contributed by atoms with Gasteiger partial charge < -0.3 is 4.90 Å². The van der Waals surface area contributed by atoms with Gasteiger partial charge in [-0.1, -0.05) is 19.9 Å². The molecule has 2 nitrogen and oxygen atoms in total. The summed E-state index contributed by atoms with van der Waals surface area (Å²) in [6.45, 7) is 6.09. The zero-order chi connectivity index (χ0) is 13.9. The first-order chi connectivity index (χ1) is 8.38. The number of carbonyl (C=O) groups is 1. The maximum Gasteiger partial charge on any atom is 0.416 e. The molecular formula is C13H16F3NO. The minimum absolute atomic E-state index is 0.121. The molecule has 1 aromatic rings. The van der Waals surface area contributed by atoms with Crippen LogP contribution in [-0.2, 0) is 24.1 Å². The lowest BCUT2D eigenvalue weighted by atomic mass is 10.1. The molecule has 0 saturated carbocycles. The molecule has 0 aliphatic carbocycles. The van der Waals surface area contributed by atoms with Gasteiger partial charge in [0.15, 0.2) is 0 Å². The molecule has 5 heteroatoms. The first-order valence-electron chi connectivity index (χ1n) is 5.82. The zero-order valence-electron chi connectivity index (χ0n) is 10.6. The second-order valence-electron chi connectivity index (χ2n) is 3.86. The fourth-order valence-electron chi connectivity index (χ4n) is 1.79. The van der Waals surface area contributed by atoms with Gasteiger partial charge in [-0.15, -0.1) is 0 Å². The van der Waals surface area contributed by atoms with E-state index >= 15 is 0 Å². The molecule has 1 aliphatic rings. The quantitative estimate of drug-likeness (QED) is 0.697. The molecule has 0 bridgehead atoms. The lowest BCUT2D eigenvalue weighted by molar-refractivity contribution is -0.137. The van der Waals surface area contributed by atoms with Gasteiger partial charge in [-0.05, 0) is 23.3 Å². The molecular weight excluding hydrogens is 243 g/mol. The highest BCUT2D eigenvalue weighted by molar-refractivity contribution is 5.74. The van der Waals surface area contributed by atoms with Crippen LogP contribution in [0.5, 0.6) is 0 Å². The molecule has 100 valence electrons. The number of nitrogens with zero attached hydrogens (tertiary/aromatic N) is 1. The van der Waals surface area contributed by atoms with E-state index in [1.165, 1.54) is 17.9 Å². The SMILES string of the molecule is CC.CC(=O)N1Cc2ccc(C(F)(F)F)cc2C1. The first kappa shape index (κ1) is 14.5. The van der Waals surface area contributed by atoms with E-state index in [9.17, 15) is 18.0 Å². The van der Waals surface area contributed by atoms with Crippen molar-refractivity contribution in [3.8, 4) is 0 Å². The minimum atomic E-state index is -4.32. The van der Waals surface area contributed by atoms with E-state index in [-0.39, 0.29) is 12.5 Å². The topological polar surface area (TPSA) is 20.3 Å². The van der Waals surface area contributed by atoms with Crippen LogP contribution in [0.4, 0.5) is 13.2 Å². The molecule has 1 aromatic carbocycles. The van der Waals surface area contributed by atoms with Crippen molar-refractivity contribution in [3.05, 3.63) is 34.9 Å². The number of fused-ring (bicyclic) bond motifs is 1. The third-order valence-corrected chi connectivity index (χ3v) is 2.70. The molecule has 0 fully saturated rings. The molecule has 1 amide bonds. The summed E-state index contributed by atoms with van der Waals surface area (Å²) >= 11 is 0. The van der Waals surface area contributed by atoms with Gasteiger partial charge in [-0.3, -0.25) is 4.79 Å². The number of hydrogen-bond acceptors (Lipinski definition) is 1. The van der Waals surface area contributed by atoms with E-state index in [4.69, 9.17) is 0 Å². The van der Waals surface area contributed by atoms with Crippen LogP contribution in [0.3, 0.4) is 0 Å². The molecule has 1 aliphatic heterocycles. The number of carbonyl (C=O) groups excluding carboxylic acids is 1. The van der Waals surface area contributed by atoms with Gasteiger partial charge in [0.25, 0.3) is 0 Å². The van der Waals surface area contributed by atoms with Crippen molar-refractivity contribution in [1.29, 1.82) is 0 Å². The summed E-state index contributed by atoms with van der Waals surface area (Å²) < 4.78 is 37.3. The summed E-state index contributed by atoms with van der Waals surface area (Å²) in [7, 11) is 0. The highest BCUT2D eigenvalue weighted by atomic mass is 19.4. The number of hydrogen-bond donors (Lipinski definition) is 0. The normalized spacial score (nSPS) is 13.8. The van der Waals surface area contributed by atoms with E-state index in [2.05, 4.69) is 0 Å². The summed E-state index contributed by atoms with van der Waals surface area (Å²) in [6.07, 6.45) is -4.32. The van der Waals surface area contributed by atoms with Gasteiger partial charge in [0.2, 0.25) is 5.91 Å². The molecule has 2 rings (SSSR count). The number of alkyl halides is 3. The molecule has 0 atom stereocenters. The fourth-order valence-corrected chi connectivity index (χ4v) is 1.79. The van der Waals surface area contributed by atoms with Crippen LogP contribution in [0.25, 0.3) is 0 Å². The average Bonchev–Trinajstić information content (AvgIpc) is 2.73. The number of rotatable bonds is 0. The van der Waals surface area contributed by atoms with Gasteiger partial charge in [0.1, 0.15) is 0 Å². The Bertz CT molecular complexity index is 440. The highest BCUT2D eigenvalue weighted by Crippen LogP contribution is 2.33. The predicted molar refractivity (Wildman–Crippen MR) is 62.7 cm³/mol. The Labute approximate surface area is 104 Å². The van der Waals surface area contributed by atoms with E-state index in [1.807, 2.05) is 13.8 Å². The highest BCUT2D eigenvalue weighted by Gasteiger charge is 2.32. The lowest BCUT2D eigenvalue weighted by Crippen LogP contribution is -2.21. The zero-order valence-corrected chi connectivity index (χ0v) is 10.6. The molecule has 0 spiro atoms. The summed E-state index contributed by atoms with van der Waals surface area (Å²) in [5.41, 5.74) is 0.727. The molecule has 0 aromatic heterocycles. The van der Waals surface area contributed by atoms with Gasteiger partial charge in [-0.2, -0.15) is 13.2 Å². The third kappa shape index (κ3) is 3.03. The molecule has 0 saturated heterocycles. The van der Waals surface area contributed by atoms with Crippen molar-refractivity contribution in [1.82, 2.24) is 4.90 Å². The summed E-state index contributed by atoms with van der Waals surface area (Å²) in [6, 6.07) is 3.63. The Morgan fingerprint density at radius 1 is 1.17 bits per heavy atom. The van der Waals surface area contributed by atoms with E-state index < -0.39 is 11.7 Å². The smallest absolute Gasteiger partial charge is 0.334 e. The van der Waals surface area contributed by atoms with Gasteiger partial charge in [0.05, 0.1) is 5.56 Å². The van der Waals surface area contributed by atoms with Crippen LogP contribution in [0.1, 0.15) is 37.5 Å². The monoisotopic (exact) mass is 259 g/mol. The molecule has 0 unspecified atom stereocenters.